The van der Waals surface area contributed by atoms with Crippen molar-refractivity contribution >= 4 is 52.7 Å². The van der Waals surface area contributed by atoms with Gasteiger partial charge in [0.1, 0.15) is 12.1 Å². The largest absolute Gasteiger partial charge is 0.434 e. The number of halogens is 2. The van der Waals surface area contributed by atoms with Gasteiger partial charge in [0.15, 0.2) is 12.1 Å². The highest BCUT2D eigenvalue weighted by Crippen LogP contribution is 2.35. The molecule has 2 saturated heterocycles. The Morgan fingerprint density at radius 1 is 1.02 bits per heavy atom. The van der Waals surface area contributed by atoms with Crippen LogP contribution in [-0.4, -0.2) is 91.2 Å². The molecule has 0 bridgehead atoms. The number of oxazole rings is 1. The summed E-state index contributed by atoms with van der Waals surface area (Å²) < 4.78 is 5.60. The first-order valence-electron chi connectivity index (χ1n) is 13.9. The van der Waals surface area contributed by atoms with E-state index >= 15 is 0 Å². The van der Waals surface area contributed by atoms with Crippen molar-refractivity contribution in [3.05, 3.63) is 76.2 Å². The molecule has 1 aromatic heterocycles. The second kappa shape index (κ2) is 13.6. The van der Waals surface area contributed by atoms with E-state index < -0.39 is 60.2 Å². The molecule has 14 nitrogen and oxygen atoms in total. The van der Waals surface area contributed by atoms with Gasteiger partial charge in [-0.1, -0.05) is 47.5 Å². The van der Waals surface area contributed by atoms with Crippen LogP contribution in [0.4, 0.5) is 4.79 Å². The van der Waals surface area contributed by atoms with Gasteiger partial charge in [-0.3, -0.25) is 24.6 Å². The molecule has 3 aromatic rings. The number of carbonyl (C=O) groups is 5. The summed E-state index contributed by atoms with van der Waals surface area (Å²) in [6.45, 7) is 0.00751. The van der Waals surface area contributed by atoms with Crippen molar-refractivity contribution in [1.29, 1.82) is 0 Å². The van der Waals surface area contributed by atoms with Crippen LogP contribution >= 0.6 is 23.2 Å². The fourth-order valence-electron chi connectivity index (χ4n) is 5.09. The molecule has 2 aliphatic heterocycles. The van der Waals surface area contributed by atoms with Crippen molar-refractivity contribution in [2.45, 2.75) is 44.1 Å². The van der Waals surface area contributed by atoms with Crippen molar-refractivity contribution in [2.75, 3.05) is 13.1 Å². The van der Waals surface area contributed by atoms with Gasteiger partial charge in [0, 0.05) is 24.9 Å². The predicted octanol–water partition coefficient (Wildman–Crippen LogP) is 2.40. The second-order valence-electron chi connectivity index (χ2n) is 10.3. The van der Waals surface area contributed by atoms with Gasteiger partial charge in [-0.25, -0.2) is 24.8 Å². The predicted molar refractivity (Wildman–Crippen MR) is 158 cm³/mol. The number of nitrogens with one attached hydrogen (secondary N) is 2. The molecule has 16 heteroatoms. The lowest BCUT2D eigenvalue weighted by Crippen LogP contribution is -2.65. The Bertz CT molecular complexity index is 1600. The highest BCUT2D eigenvalue weighted by atomic mass is 35.5. The fourth-order valence-corrected chi connectivity index (χ4v) is 5.67. The third kappa shape index (κ3) is 6.93. The molecule has 3 heterocycles. The van der Waals surface area contributed by atoms with Crippen LogP contribution in [0, 0.1) is 0 Å². The van der Waals surface area contributed by atoms with Crippen LogP contribution < -0.4 is 10.7 Å². The lowest BCUT2D eigenvalue weighted by atomic mass is 10.0. The Morgan fingerprint density at radius 2 is 1.73 bits per heavy atom. The summed E-state index contributed by atoms with van der Waals surface area (Å²) in [4.78, 5) is 70.5. The minimum absolute atomic E-state index is 0.0674. The maximum absolute atomic E-state index is 13.7. The first kappa shape index (κ1) is 31.9. The number of urea groups is 1. The zero-order valence-corrected chi connectivity index (χ0v) is 25.1. The fraction of sp³-hybridized carbons (Fsp3) is 0.310. The topological polar surface area (TPSA) is 186 Å². The van der Waals surface area contributed by atoms with Crippen LogP contribution in [0.2, 0.25) is 10.0 Å². The Labute approximate surface area is 266 Å². The van der Waals surface area contributed by atoms with Gasteiger partial charge in [-0.2, -0.15) is 0 Å². The molecule has 4 N–H and O–H groups in total. The van der Waals surface area contributed by atoms with Gasteiger partial charge in [-0.15, -0.1) is 0 Å². The van der Waals surface area contributed by atoms with Crippen LogP contribution in [0.5, 0.6) is 0 Å². The first-order valence-corrected chi connectivity index (χ1v) is 14.7. The van der Waals surface area contributed by atoms with Crippen LogP contribution in [0.3, 0.4) is 0 Å². The lowest BCUT2D eigenvalue weighted by Gasteiger charge is -2.43. The Balaban J connectivity index is 1.37. The molecule has 0 aliphatic carbocycles. The number of carbonyl (C=O) groups excluding carboxylic acids is 5. The number of nitrogens with zero attached hydrogens (tertiary/aromatic N) is 4. The van der Waals surface area contributed by atoms with Gasteiger partial charge in [0.05, 0.1) is 28.4 Å². The van der Waals surface area contributed by atoms with E-state index in [1.165, 1.54) is 6.20 Å². The van der Waals surface area contributed by atoms with Crippen LogP contribution in [0.1, 0.15) is 46.7 Å². The number of benzene rings is 2. The van der Waals surface area contributed by atoms with Crippen molar-refractivity contribution in [3.8, 4) is 11.3 Å². The molecule has 2 aromatic carbocycles. The van der Waals surface area contributed by atoms with E-state index in [1.807, 2.05) is 0 Å². The maximum Gasteiger partial charge on any atom is 0.358 e. The molecular weight excluding hydrogens is 631 g/mol. The van der Waals surface area contributed by atoms with E-state index in [1.54, 1.807) is 48.5 Å². The number of hydrogen-bond donors (Lipinski definition) is 4. The normalized spacial score (nSPS) is 17.5. The number of rotatable bonds is 9. The summed E-state index contributed by atoms with van der Waals surface area (Å²) in [5, 5.41) is 25.4. The van der Waals surface area contributed by atoms with Crippen molar-refractivity contribution in [3.63, 3.8) is 0 Å². The number of ketones is 1. The highest BCUT2D eigenvalue weighted by molar-refractivity contribution is 6.39. The molecule has 5 rings (SSSR count). The van der Waals surface area contributed by atoms with Crippen molar-refractivity contribution in [1.82, 2.24) is 30.8 Å². The lowest BCUT2D eigenvalue weighted by molar-refractivity contribution is -0.155. The summed E-state index contributed by atoms with van der Waals surface area (Å²) >= 11 is 12.5. The van der Waals surface area contributed by atoms with Crippen molar-refractivity contribution in [2.24, 2.45) is 0 Å². The van der Waals surface area contributed by atoms with Gasteiger partial charge in [0.25, 0.3) is 11.8 Å². The zero-order chi connectivity index (χ0) is 32.2. The number of aliphatic hydroxyl groups is 2. The Hall–Kier alpha value is -4.50. The second-order valence-corrected chi connectivity index (χ2v) is 11.1. The average Bonchev–Trinajstić information content (AvgIpc) is 3.47. The Morgan fingerprint density at radius 3 is 2.42 bits per heavy atom. The molecule has 0 spiro atoms. The third-order valence-corrected chi connectivity index (χ3v) is 7.88. The molecule has 0 saturated carbocycles. The molecule has 2 atom stereocenters. The molecule has 0 radical (unpaired) electrons. The van der Waals surface area contributed by atoms with Crippen LogP contribution in [0.15, 0.2) is 59.1 Å². The van der Waals surface area contributed by atoms with E-state index in [2.05, 4.69) is 15.7 Å². The number of Topliss-reactive ketones (excluding diaryl/α,β-unsaturated/α-hetero) is 1. The van der Waals surface area contributed by atoms with E-state index in [4.69, 9.17) is 27.6 Å². The average molecular weight is 659 g/mol. The number of amides is 5. The van der Waals surface area contributed by atoms with E-state index in [0.717, 1.165) is 15.0 Å². The van der Waals surface area contributed by atoms with Gasteiger partial charge < -0.3 is 19.9 Å². The van der Waals surface area contributed by atoms with E-state index in [-0.39, 0.29) is 52.9 Å². The van der Waals surface area contributed by atoms with E-state index in [9.17, 15) is 34.2 Å². The summed E-state index contributed by atoms with van der Waals surface area (Å²) in [5.41, 5.74) is 3.06. The third-order valence-electron chi connectivity index (χ3n) is 7.25. The molecule has 0 unspecified atom stereocenters. The molecule has 236 valence electrons. The monoisotopic (exact) mass is 658 g/mol. The van der Waals surface area contributed by atoms with Crippen LogP contribution in [-0.2, 0) is 9.59 Å². The maximum atomic E-state index is 13.7. The summed E-state index contributed by atoms with van der Waals surface area (Å²) in [6.07, 6.45) is -1.10. The molecule has 2 fully saturated rings. The molecular formula is C29H28Cl2N6O8. The number of aromatic nitrogens is 1. The summed E-state index contributed by atoms with van der Waals surface area (Å²) in [6, 6.07) is 9.24. The van der Waals surface area contributed by atoms with Gasteiger partial charge in [-0.05, 0) is 37.1 Å². The number of aliphatic hydroxyl groups excluding tert-OH is 1. The SMILES string of the molecule is O=C(NN1CCC(=O)N2CCC[C@@H](C(=O)N[C@@H](CC(O)O)C(=O)c3ncc(-c4c(Cl)cccc4Cl)o3)N2C1=O)c1ccccc1. The van der Waals surface area contributed by atoms with Gasteiger partial charge >= 0.3 is 6.03 Å². The Kier molecular flexibility index (Phi) is 9.68. The summed E-state index contributed by atoms with van der Waals surface area (Å²) in [7, 11) is 0. The van der Waals surface area contributed by atoms with Crippen molar-refractivity contribution < 1.29 is 38.6 Å². The molecule has 45 heavy (non-hydrogen) atoms. The zero-order valence-electron chi connectivity index (χ0n) is 23.6. The van der Waals surface area contributed by atoms with Crippen LogP contribution in [0.25, 0.3) is 11.3 Å². The number of hydrogen-bond acceptors (Lipinski definition) is 9. The minimum atomic E-state index is -2.01. The smallest absolute Gasteiger partial charge is 0.358 e. The summed E-state index contributed by atoms with van der Waals surface area (Å²) in [5.74, 6) is -3.17. The number of fused-ring (bicyclic) bond motifs is 1. The standard InChI is InChI=1S/C29H28Cl2N6O8/c30-17-8-4-9-18(31)24(17)21-15-32-28(45-21)25(41)19(14-23(39)40)33-27(43)20-10-5-12-36-22(38)11-13-35(29(44)37(20)36)34-26(42)16-6-2-1-3-7-16/h1-4,6-9,15,19-20,23,39-40H,5,10-14H2,(H,33,43)(H,34,42)/t19-,20-/m0/s1. The highest BCUT2D eigenvalue weighted by Gasteiger charge is 2.45. The van der Waals surface area contributed by atoms with E-state index in [0.29, 0.717) is 6.42 Å². The minimum Gasteiger partial charge on any atom is -0.434 e. The molecule has 2 aliphatic rings. The van der Waals surface area contributed by atoms with Gasteiger partial charge in [0.2, 0.25) is 17.6 Å². The molecule has 5 amide bonds. The quantitative estimate of drug-likeness (QED) is 0.198. The number of hydrazine groups is 2. The first-order chi connectivity index (χ1) is 21.5.